The third kappa shape index (κ3) is 7.45. The molecule has 8 nitrogen and oxygen atoms in total. The lowest BCUT2D eigenvalue weighted by Gasteiger charge is -2.13. The minimum absolute atomic E-state index is 0.0570. The Labute approximate surface area is 217 Å². The number of ether oxygens (including phenoxy) is 6. The quantitative estimate of drug-likeness (QED) is 0.193. The molecule has 0 fully saturated rings. The summed E-state index contributed by atoms with van der Waals surface area (Å²) in [7, 11) is 0. The van der Waals surface area contributed by atoms with Crippen LogP contribution in [-0.2, 0) is 9.47 Å². The summed E-state index contributed by atoms with van der Waals surface area (Å²) >= 11 is 3.26. The molecule has 0 amide bonds. The lowest BCUT2D eigenvalue weighted by Crippen LogP contribution is -2.14. The Kier molecular flexibility index (Phi) is 10.5. The van der Waals surface area contributed by atoms with Crippen molar-refractivity contribution in [3.8, 4) is 23.0 Å². The first-order chi connectivity index (χ1) is 17.8. The maximum Gasteiger partial charge on any atom is 0.162 e. The van der Waals surface area contributed by atoms with Gasteiger partial charge in [-0.15, -0.1) is 22.7 Å². The van der Waals surface area contributed by atoms with Crippen molar-refractivity contribution in [1.29, 1.82) is 0 Å². The van der Waals surface area contributed by atoms with Crippen molar-refractivity contribution in [1.82, 2.24) is 0 Å². The Morgan fingerprint density at radius 2 is 0.889 bits per heavy atom. The standard InChI is InChI=1S/C26H30O8S2/c27-3-5-31-21-15-19-1-13-36-26(19)18-24(21)34-12-10-30-8-7-29-9-11-33-22-16-20-2-14-35-25(20)17-23(22)32-6-4-28/h1-2,13-18,27-28H,3-12H2. The van der Waals surface area contributed by atoms with Crippen LogP contribution in [0.25, 0.3) is 20.2 Å². The molecule has 4 rings (SSSR count). The predicted molar refractivity (Wildman–Crippen MR) is 141 cm³/mol. The van der Waals surface area contributed by atoms with Crippen molar-refractivity contribution in [2.24, 2.45) is 0 Å². The number of aliphatic hydroxyl groups excluding tert-OH is 2. The Bertz CT molecular complexity index is 1110. The van der Waals surface area contributed by atoms with E-state index in [2.05, 4.69) is 0 Å². The third-order valence-electron chi connectivity index (χ3n) is 5.08. The van der Waals surface area contributed by atoms with Crippen LogP contribution in [0.15, 0.2) is 47.2 Å². The second-order valence-electron chi connectivity index (χ2n) is 7.58. The molecule has 194 valence electrons. The minimum atomic E-state index is -0.0578. The van der Waals surface area contributed by atoms with Gasteiger partial charge in [-0.25, -0.2) is 0 Å². The van der Waals surface area contributed by atoms with Gasteiger partial charge in [0.1, 0.15) is 26.4 Å². The summed E-state index contributed by atoms with van der Waals surface area (Å²) in [6.07, 6.45) is 0. The Morgan fingerprint density at radius 3 is 1.33 bits per heavy atom. The number of hydrogen-bond donors (Lipinski definition) is 2. The molecule has 4 aromatic rings. The maximum absolute atomic E-state index is 9.06. The smallest absolute Gasteiger partial charge is 0.162 e. The van der Waals surface area contributed by atoms with Gasteiger partial charge in [0.15, 0.2) is 23.0 Å². The van der Waals surface area contributed by atoms with Crippen LogP contribution in [0.2, 0.25) is 0 Å². The molecule has 10 heteroatoms. The van der Waals surface area contributed by atoms with E-state index >= 15 is 0 Å². The topological polar surface area (TPSA) is 95.8 Å². The zero-order valence-corrected chi connectivity index (χ0v) is 21.5. The first-order valence-corrected chi connectivity index (χ1v) is 13.5. The fourth-order valence-electron chi connectivity index (χ4n) is 3.45. The van der Waals surface area contributed by atoms with E-state index in [1.165, 1.54) is 0 Å². The summed E-state index contributed by atoms with van der Waals surface area (Å²) in [4.78, 5) is 0. The van der Waals surface area contributed by atoms with Crippen LogP contribution in [-0.4, -0.2) is 76.3 Å². The second-order valence-corrected chi connectivity index (χ2v) is 9.48. The van der Waals surface area contributed by atoms with Crippen LogP contribution in [0, 0.1) is 0 Å². The van der Waals surface area contributed by atoms with Gasteiger partial charge in [-0.05, 0) is 45.8 Å². The molecule has 2 N–H and O–H groups in total. The molecule has 0 bridgehead atoms. The van der Waals surface area contributed by atoms with E-state index in [1.54, 1.807) is 22.7 Å². The summed E-state index contributed by atoms with van der Waals surface area (Å²) < 4.78 is 36.4. The number of rotatable bonds is 17. The molecule has 0 atom stereocenters. The van der Waals surface area contributed by atoms with Crippen molar-refractivity contribution < 1.29 is 38.6 Å². The van der Waals surface area contributed by atoms with Crippen LogP contribution in [0.1, 0.15) is 0 Å². The fraction of sp³-hybridized carbons (Fsp3) is 0.385. The molecular formula is C26H30O8S2. The SMILES string of the molecule is OCCOc1cc2sccc2cc1OCCOCCOCCOc1cc2sccc2cc1OCCO. The highest BCUT2D eigenvalue weighted by Gasteiger charge is 2.10. The number of aliphatic hydroxyl groups is 2. The van der Waals surface area contributed by atoms with Gasteiger partial charge in [-0.1, -0.05) is 0 Å². The summed E-state index contributed by atoms with van der Waals surface area (Å²) in [6.45, 7) is 2.75. The molecule has 2 aromatic carbocycles. The molecule has 2 heterocycles. The number of benzene rings is 2. The lowest BCUT2D eigenvalue weighted by molar-refractivity contribution is 0.0267. The van der Waals surface area contributed by atoms with Crippen molar-refractivity contribution in [3.05, 3.63) is 47.2 Å². The largest absolute Gasteiger partial charge is 0.487 e. The normalized spacial score (nSPS) is 11.3. The molecule has 0 aliphatic heterocycles. The predicted octanol–water partition coefficient (Wildman–Crippen LogP) is 4.35. The second kappa shape index (κ2) is 14.2. The highest BCUT2D eigenvalue weighted by molar-refractivity contribution is 7.17. The van der Waals surface area contributed by atoms with Crippen LogP contribution >= 0.6 is 22.7 Å². The number of hydrogen-bond acceptors (Lipinski definition) is 10. The molecule has 0 saturated heterocycles. The molecule has 0 aliphatic rings. The van der Waals surface area contributed by atoms with Crippen LogP contribution in [0.5, 0.6) is 23.0 Å². The Balaban J connectivity index is 1.12. The summed E-state index contributed by atoms with van der Waals surface area (Å²) in [6, 6.07) is 11.8. The molecule has 0 aliphatic carbocycles. The van der Waals surface area contributed by atoms with E-state index < -0.39 is 0 Å². The highest BCUT2D eigenvalue weighted by Crippen LogP contribution is 2.36. The molecule has 0 saturated carbocycles. The van der Waals surface area contributed by atoms with E-state index in [1.807, 2.05) is 47.2 Å². The molecule has 36 heavy (non-hydrogen) atoms. The minimum Gasteiger partial charge on any atom is -0.487 e. The summed E-state index contributed by atoms with van der Waals surface area (Å²) in [5.41, 5.74) is 0. The van der Waals surface area contributed by atoms with E-state index in [0.29, 0.717) is 62.6 Å². The number of thiophene rings is 2. The molecule has 2 aromatic heterocycles. The van der Waals surface area contributed by atoms with Gasteiger partial charge in [0, 0.05) is 21.5 Å². The van der Waals surface area contributed by atoms with Crippen molar-refractivity contribution in [2.75, 3.05) is 66.1 Å². The van der Waals surface area contributed by atoms with E-state index in [9.17, 15) is 0 Å². The highest BCUT2D eigenvalue weighted by atomic mass is 32.1. The van der Waals surface area contributed by atoms with Crippen LogP contribution < -0.4 is 18.9 Å². The van der Waals surface area contributed by atoms with Crippen molar-refractivity contribution >= 4 is 42.8 Å². The molecule has 0 unspecified atom stereocenters. The van der Waals surface area contributed by atoms with Gasteiger partial charge < -0.3 is 38.6 Å². The average Bonchev–Trinajstić information content (AvgIpc) is 3.55. The Hall–Kier alpha value is -2.60. The zero-order chi connectivity index (χ0) is 25.0. The molecular weight excluding hydrogens is 504 g/mol. The van der Waals surface area contributed by atoms with Gasteiger partial charge >= 0.3 is 0 Å². The van der Waals surface area contributed by atoms with Gasteiger partial charge in [0.05, 0.1) is 39.6 Å². The summed E-state index contributed by atoms with van der Waals surface area (Å²) in [5.74, 6) is 2.50. The van der Waals surface area contributed by atoms with Gasteiger partial charge in [0.2, 0.25) is 0 Å². The first-order valence-electron chi connectivity index (χ1n) is 11.7. The first kappa shape index (κ1) is 26.5. The fourth-order valence-corrected chi connectivity index (χ4v) is 5.04. The monoisotopic (exact) mass is 534 g/mol. The van der Waals surface area contributed by atoms with E-state index in [4.69, 9.17) is 38.6 Å². The van der Waals surface area contributed by atoms with Crippen LogP contribution in [0.4, 0.5) is 0 Å². The lowest BCUT2D eigenvalue weighted by atomic mass is 10.2. The van der Waals surface area contributed by atoms with E-state index in [0.717, 1.165) is 20.2 Å². The van der Waals surface area contributed by atoms with Gasteiger partial charge in [-0.3, -0.25) is 0 Å². The molecule has 0 radical (unpaired) electrons. The summed E-state index contributed by atoms with van der Waals surface area (Å²) in [5, 5.41) is 24.3. The third-order valence-corrected chi connectivity index (χ3v) is 6.84. The van der Waals surface area contributed by atoms with Gasteiger partial charge in [0.25, 0.3) is 0 Å². The van der Waals surface area contributed by atoms with Crippen molar-refractivity contribution in [3.63, 3.8) is 0 Å². The van der Waals surface area contributed by atoms with Crippen molar-refractivity contribution in [2.45, 2.75) is 0 Å². The van der Waals surface area contributed by atoms with Gasteiger partial charge in [-0.2, -0.15) is 0 Å². The Morgan fingerprint density at radius 1 is 0.500 bits per heavy atom. The maximum atomic E-state index is 9.06. The zero-order valence-electron chi connectivity index (χ0n) is 19.9. The van der Waals surface area contributed by atoms with Crippen LogP contribution in [0.3, 0.4) is 0 Å². The van der Waals surface area contributed by atoms with E-state index in [-0.39, 0.29) is 26.4 Å². The average molecular weight is 535 g/mol. The number of fused-ring (bicyclic) bond motifs is 2. The molecule has 0 spiro atoms.